The van der Waals surface area contributed by atoms with Gasteiger partial charge in [-0.25, -0.2) is 4.99 Å². The molecule has 2 aromatic rings. The van der Waals surface area contributed by atoms with Gasteiger partial charge in [-0.2, -0.15) is 0 Å². The molecule has 0 aliphatic carbocycles. The molecular formula is C19H16N2O4S. The summed E-state index contributed by atoms with van der Waals surface area (Å²) < 4.78 is 10.7. The monoisotopic (exact) mass is 368 g/mol. The zero-order valence-corrected chi connectivity index (χ0v) is 14.8. The standard InChI is InChI=1S/C19H16N2O4S/c1-2-21-18(23)17(10-12-3-8-15-16(9-12)25-11-24-15)26-19(21)20-13-4-6-14(22)7-5-13/h3-10,22H,2,11H2,1H3/b17-10-,20-19?. The van der Waals surface area contributed by atoms with Crippen LogP contribution in [0, 0.1) is 0 Å². The third kappa shape index (κ3) is 3.13. The molecule has 1 amide bonds. The molecule has 2 aromatic carbocycles. The lowest BCUT2D eigenvalue weighted by atomic mass is 10.2. The van der Waals surface area contributed by atoms with Gasteiger partial charge in [-0.05, 0) is 66.7 Å². The zero-order valence-electron chi connectivity index (χ0n) is 14.0. The zero-order chi connectivity index (χ0) is 18.1. The number of benzene rings is 2. The van der Waals surface area contributed by atoms with E-state index < -0.39 is 0 Å². The SMILES string of the molecule is CCN1C(=O)/C(=C/c2ccc3c(c2)OCO3)SC1=Nc1ccc(O)cc1. The fourth-order valence-corrected chi connectivity index (χ4v) is 3.72. The molecule has 26 heavy (non-hydrogen) atoms. The van der Waals surface area contributed by atoms with E-state index in [0.717, 1.165) is 5.56 Å². The van der Waals surface area contributed by atoms with Gasteiger partial charge in [-0.1, -0.05) is 6.07 Å². The van der Waals surface area contributed by atoms with Crippen LogP contribution in [0.5, 0.6) is 17.2 Å². The molecule has 2 aliphatic rings. The lowest BCUT2D eigenvalue weighted by molar-refractivity contribution is -0.122. The number of amides is 1. The van der Waals surface area contributed by atoms with Crippen LogP contribution in [0.2, 0.25) is 0 Å². The highest BCUT2D eigenvalue weighted by molar-refractivity contribution is 8.18. The summed E-state index contributed by atoms with van der Waals surface area (Å²) in [4.78, 5) is 19.5. The van der Waals surface area contributed by atoms with Crippen molar-refractivity contribution >= 4 is 34.6 Å². The Bertz CT molecular complexity index is 922. The van der Waals surface area contributed by atoms with E-state index in [1.54, 1.807) is 29.2 Å². The number of nitrogens with zero attached hydrogens (tertiary/aromatic N) is 2. The summed E-state index contributed by atoms with van der Waals surface area (Å²) in [5.74, 6) is 1.50. The van der Waals surface area contributed by atoms with Gasteiger partial charge in [0, 0.05) is 6.54 Å². The van der Waals surface area contributed by atoms with Gasteiger partial charge < -0.3 is 14.6 Å². The summed E-state index contributed by atoms with van der Waals surface area (Å²) >= 11 is 1.33. The number of thioether (sulfide) groups is 1. The number of phenolic OH excluding ortho intramolecular Hbond substituents is 1. The van der Waals surface area contributed by atoms with E-state index in [2.05, 4.69) is 4.99 Å². The van der Waals surface area contributed by atoms with E-state index in [1.807, 2.05) is 31.2 Å². The number of phenols is 1. The quantitative estimate of drug-likeness (QED) is 0.836. The molecule has 0 aromatic heterocycles. The molecule has 7 heteroatoms. The second-order valence-corrected chi connectivity index (χ2v) is 6.69. The molecule has 4 rings (SSSR count). The summed E-state index contributed by atoms with van der Waals surface area (Å²) in [5.41, 5.74) is 1.55. The highest BCUT2D eigenvalue weighted by Gasteiger charge is 2.32. The van der Waals surface area contributed by atoms with Gasteiger partial charge in [0.2, 0.25) is 6.79 Å². The average molecular weight is 368 g/mol. The summed E-state index contributed by atoms with van der Waals surface area (Å²) in [6.07, 6.45) is 1.83. The third-order valence-electron chi connectivity index (χ3n) is 3.97. The molecule has 1 N–H and O–H groups in total. The van der Waals surface area contributed by atoms with Crippen LogP contribution in [-0.2, 0) is 4.79 Å². The van der Waals surface area contributed by atoms with Crippen molar-refractivity contribution in [1.82, 2.24) is 4.90 Å². The van der Waals surface area contributed by atoms with Crippen molar-refractivity contribution in [2.45, 2.75) is 6.92 Å². The molecule has 132 valence electrons. The highest BCUT2D eigenvalue weighted by Crippen LogP contribution is 2.37. The van der Waals surface area contributed by atoms with E-state index in [4.69, 9.17) is 9.47 Å². The van der Waals surface area contributed by atoms with Gasteiger partial charge in [0.25, 0.3) is 5.91 Å². The van der Waals surface area contributed by atoms with E-state index >= 15 is 0 Å². The van der Waals surface area contributed by atoms with Crippen LogP contribution >= 0.6 is 11.8 Å². The Labute approximate surface area is 154 Å². The van der Waals surface area contributed by atoms with Gasteiger partial charge in [0.15, 0.2) is 16.7 Å². The largest absolute Gasteiger partial charge is 0.508 e. The first-order chi connectivity index (χ1) is 12.6. The summed E-state index contributed by atoms with van der Waals surface area (Å²) in [5, 5.41) is 10.0. The molecule has 0 unspecified atom stereocenters. The first-order valence-electron chi connectivity index (χ1n) is 8.13. The Morgan fingerprint density at radius 2 is 1.96 bits per heavy atom. The van der Waals surface area contributed by atoms with Crippen molar-refractivity contribution in [3.05, 3.63) is 52.9 Å². The van der Waals surface area contributed by atoms with Crippen LogP contribution in [0.4, 0.5) is 5.69 Å². The summed E-state index contributed by atoms with van der Waals surface area (Å²) in [7, 11) is 0. The number of fused-ring (bicyclic) bond motifs is 1. The number of hydrogen-bond donors (Lipinski definition) is 1. The number of rotatable bonds is 3. The minimum atomic E-state index is -0.0762. The van der Waals surface area contributed by atoms with Crippen molar-refractivity contribution < 1.29 is 19.4 Å². The molecule has 0 spiro atoms. The van der Waals surface area contributed by atoms with Crippen molar-refractivity contribution in [3.8, 4) is 17.2 Å². The van der Waals surface area contributed by atoms with Crippen LogP contribution in [0.15, 0.2) is 52.4 Å². The Hall–Kier alpha value is -2.93. The number of ether oxygens (including phenoxy) is 2. The summed E-state index contributed by atoms with van der Waals surface area (Å²) in [6.45, 7) is 2.66. The summed E-state index contributed by atoms with van der Waals surface area (Å²) in [6, 6.07) is 12.1. The Kier molecular flexibility index (Phi) is 4.30. The molecule has 0 saturated carbocycles. The molecule has 1 fully saturated rings. The molecule has 2 heterocycles. The van der Waals surface area contributed by atoms with Crippen molar-refractivity contribution in [1.29, 1.82) is 0 Å². The van der Waals surface area contributed by atoms with Crippen LogP contribution in [0.3, 0.4) is 0 Å². The average Bonchev–Trinajstić information content (AvgIpc) is 3.21. The Morgan fingerprint density at radius 3 is 2.73 bits per heavy atom. The van der Waals surface area contributed by atoms with Gasteiger partial charge in [0.05, 0.1) is 10.6 Å². The number of carbonyl (C=O) groups is 1. The van der Waals surface area contributed by atoms with E-state index in [0.29, 0.717) is 33.8 Å². The molecule has 0 atom stereocenters. The Balaban J connectivity index is 1.64. The maximum absolute atomic E-state index is 12.7. The number of aromatic hydroxyl groups is 1. The topological polar surface area (TPSA) is 71.4 Å². The molecule has 0 bridgehead atoms. The van der Waals surface area contributed by atoms with Crippen LogP contribution < -0.4 is 9.47 Å². The van der Waals surface area contributed by atoms with Gasteiger partial charge >= 0.3 is 0 Å². The minimum Gasteiger partial charge on any atom is -0.508 e. The predicted molar refractivity (Wildman–Crippen MR) is 101 cm³/mol. The van der Waals surface area contributed by atoms with E-state index in [1.165, 1.54) is 11.8 Å². The van der Waals surface area contributed by atoms with Crippen molar-refractivity contribution in [2.24, 2.45) is 4.99 Å². The van der Waals surface area contributed by atoms with Gasteiger partial charge in [0.1, 0.15) is 5.75 Å². The smallest absolute Gasteiger partial charge is 0.266 e. The normalized spacial score (nSPS) is 19.0. The number of amidine groups is 1. The first-order valence-corrected chi connectivity index (χ1v) is 8.94. The van der Waals surface area contributed by atoms with Crippen molar-refractivity contribution in [3.63, 3.8) is 0 Å². The van der Waals surface area contributed by atoms with Gasteiger partial charge in [-0.3, -0.25) is 9.69 Å². The second kappa shape index (κ2) is 6.76. The molecule has 1 saturated heterocycles. The number of likely N-dealkylation sites (N-methyl/N-ethyl adjacent to an activating group) is 1. The minimum absolute atomic E-state index is 0.0762. The number of aliphatic imine (C=N–C) groups is 1. The predicted octanol–water partition coefficient (Wildman–Crippen LogP) is 3.74. The molecule has 6 nitrogen and oxygen atoms in total. The molecule has 2 aliphatic heterocycles. The van der Waals surface area contributed by atoms with Gasteiger partial charge in [-0.15, -0.1) is 0 Å². The van der Waals surface area contributed by atoms with Crippen LogP contribution in [0.25, 0.3) is 6.08 Å². The maximum atomic E-state index is 12.7. The molecule has 0 radical (unpaired) electrons. The number of carbonyl (C=O) groups excluding carboxylic acids is 1. The Morgan fingerprint density at radius 1 is 1.19 bits per heavy atom. The number of hydrogen-bond acceptors (Lipinski definition) is 6. The van der Waals surface area contributed by atoms with Crippen LogP contribution in [0.1, 0.15) is 12.5 Å². The maximum Gasteiger partial charge on any atom is 0.266 e. The lowest BCUT2D eigenvalue weighted by Crippen LogP contribution is -2.28. The van der Waals surface area contributed by atoms with E-state index in [-0.39, 0.29) is 18.4 Å². The lowest BCUT2D eigenvalue weighted by Gasteiger charge is -2.11. The third-order valence-corrected chi connectivity index (χ3v) is 4.98. The van der Waals surface area contributed by atoms with E-state index in [9.17, 15) is 9.90 Å². The van der Waals surface area contributed by atoms with Crippen molar-refractivity contribution in [2.75, 3.05) is 13.3 Å². The fraction of sp³-hybridized carbons (Fsp3) is 0.158. The first kappa shape index (κ1) is 16.5. The fourth-order valence-electron chi connectivity index (χ4n) is 2.66. The van der Waals surface area contributed by atoms with Crippen LogP contribution in [-0.4, -0.2) is 34.4 Å². The second-order valence-electron chi connectivity index (χ2n) is 5.68. The highest BCUT2D eigenvalue weighted by atomic mass is 32.2. The molecular weight excluding hydrogens is 352 g/mol.